The maximum Gasteiger partial charge on any atom is 0.248 e. The Hall–Kier alpha value is -2.62. The Morgan fingerprint density at radius 3 is 2.70 bits per heavy atom. The summed E-state index contributed by atoms with van der Waals surface area (Å²) in [6.07, 6.45) is 2.57. The first-order chi connectivity index (χ1) is 9.74. The number of hydrogen-bond acceptors (Lipinski definition) is 2. The van der Waals surface area contributed by atoms with Gasteiger partial charge < -0.3 is 10.7 Å². The van der Waals surface area contributed by atoms with E-state index in [0.29, 0.717) is 12.0 Å². The van der Waals surface area contributed by atoms with Crippen molar-refractivity contribution in [1.29, 1.82) is 0 Å². The fourth-order valence-electron chi connectivity index (χ4n) is 2.21. The third-order valence-corrected chi connectivity index (χ3v) is 3.21. The summed E-state index contributed by atoms with van der Waals surface area (Å²) in [6.45, 7) is 0. The molecule has 0 bridgehead atoms. The minimum absolute atomic E-state index is 0.404. The Bertz CT molecular complexity index is 728. The zero-order chi connectivity index (χ0) is 13.9. The molecule has 0 aliphatic carbocycles. The summed E-state index contributed by atoms with van der Waals surface area (Å²) in [5, 5.41) is 0. The van der Waals surface area contributed by atoms with E-state index in [0.717, 1.165) is 22.4 Å². The van der Waals surface area contributed by atoms with E-state index in [1.54, 1.807) is 6.07 Å². The van der Waals surface area contributed by atoms with Gasteiger partial charge in [-0.15, -0.1) is 0 Å². The van der Waals surface area contributed by atoms with Crippen molar-refractivity contribution in [3.8, 4) is 0 Å². The van der Waals surface area contributed by atoms with Gasteiger partial charge in [0.2, 0.25) is 5.91 Å². The van der Waals surface area contributed by atoms with Crippen LogP contribution in [-0.4, -0.2) is 15.9 Å². The first kappa shape index (κ1) is 12.4. The molecule has 0 atom stereocenters. The SMILES string of the molecule is NC(=O)c1ccccc1C[CH]c1nc2ccccc2[nH]1. The van der Waals surface area contributed by atoms with Gasteiger partial charge in [-0.25, -0.2) is 4.98 Å². The average molecular weight is 264 g/mol. The van der Waals surface area contributed by atoms with Crippen LogP contribution in [0.4, 0.5) is 0 Å². The Balaban J connectivity index is 1.81. The second kappa shape index (κ2) is 5.17. The number of rotatable bonds is 4. The number of fused-ring (bicyclic) bond motifs is 1. The van der Waals surface area contributed by atoms with Crippen LogP contribution in [0.5, 0.6) is 0 Å². The van der Waals surface area contributed by atoms with Crippen molar-refractivity contribution < 1.29 is 4.79 Å². The number of H-pyrrole nitrogens is 1. The Morgan fingerprint density at radius 2 is 1.90 bits per heavy atom. The Morgan fingerprint density at radius 1 is 1.15 bits per heavy atom. The molecule has 0 saturated heterocycles. The molecule has 99 valence electrons. The summed E-state index contributed by atoms with van der Waals surface area (Å²) in [4.78, 5) is 19.1. The number of carbonyl (C=O) groups excluding carboxylic acids is 1. The monoisotopic (exact) mass is 264 g/mol. The molecular formula is C16H14N3O. The molecule has 0 aliphatic heterocycles. The summed E-state index contributed by atoms with van der Waals surface area (Å²) in [5.41, 5.74) is 8.76. The van der Waals surface area contributed by atoms with Gasteiger partial charge in [0, 0.05) is 12.0 Å². The number of nitrogens with two attached hydrogens (primary N) is 1. The number of hydrogen-bond donors (Lipinski definition) is 2. The minimum atomic E-state index is -0.404. The van der Waals surface area contributed by atoms with Gasteiger partial charge in [-0.05, 0) is 30.2 Å². The highest BCUT2D eigenvalue weighted by molar-refractivity contribution is 5.94. The molecule has 0 fully saturated rings. The van der Waals surface area contributed by atoms with Crippen LogP contribution in [0.1, 0.15) is 21.7 Å². The van der Waals surface area contributed by atoms with Crippen LogP contribution >= 0.6 is 0 Å². The first-order valence-corrected chi connectivity index (χ1v) is 6.40. The second-order valence-electron chi connectivity index (χ2n) is 4.57. The van der Waals surface area contributed by atoms with Crippen molar-refractivity contribution in [2.75, 3.05) is 0 Å². The number of nitrogens with zero attached hydrogens (tertiary/aromatic N) is 1. The zero-order valence-electron chi connectivity index (χ0n) is 10.8. The Kier molecular flexibility index (Phi) is 3.21. The third kappa shape index (κ3) is 2.40. The first-order valence-electron chi connectivity index (χ1n) is 6.40. The summed E-state index contributed by atoms with van der Waals surface area (Å²) in [6, 6.07) is 15.2. The molecule has 0 spiro atoms. The molecule has 4 nitrogen and oxygen atoms in total. The molecule has 1 amide bonds. The molecule has 0 saturated carbocycles. The lowest BCUT2D eigenvalue weighted by Crippen LogP contribution is -2.13. The normalized spacial score (nSPS) is 10.8. The van der Waals surface area contributed by atoms with Gasteiger partial charge in [0.15, 0.2) is 0 Å². The van der Waals surface area contributed by atoms with E-state index >= 15 is 0 Å². The van der Waals surface area contributed by atoms with Crippen molar-refractivity contribution in [3.05, 3.63) is 71.9 Å². The predicted octanol–water partition coefficient (Wildman–Crippen LogP) is 2.46. The summed E-state index contributed by atoms with van der Waals surface area (Å²) in [5.74, 6) is 0.393. The fourth-order valence-corrected chi connectivity index (χ4v) is 2.21. The van der Waals surface area contributed by atoms with Gasteiger partial charge in [0.25, 0.3) is 0 Å². The predicted molar refractivity (Wildman–Crippen MR) is 78.2 cm³/mol. The maximum absolute atomic E-state index is 11.4. The number of nitrogens with one attached hydrogen (secondary N) is 1. The molecule has 1 heterocycles. The van der Waals surface area contributed by atoms with Crippen LogP contribution < -0.4 is 5.73 Å². The van der Waals surface area contributed by atoms with E-state index in [4.69, 9.17) is 5.73 Å². The van der Waals surface area contributed by atoms with Crippen molar-refractivity contribution in [3.63, 3.8) is 0 Å². The van der Waals surface area contributed by atoms with Crippen molar-refractivity contribution in [2.24, 2.45) is 5.73 Å². The quantitative estimate of drug-likeness (QED) is 0.759. The number of aromatic amines is 1. The average Bonchev–Trinajstić information content (AvgIpc) is 2.88. The third-order valence-electron chi connectivity index (χ3n) is 3.21. The van der Waals surface area contributed by atoms with Crippen LogP contribution in [0, 0.1) is 6.42 Å². The van der Waals surface area contributed by atoms with E-state index in [1.165, 1.54) is 0 Å². The summed E-state index contributed by atoms with van der Waals surface area (Å²) < 4.78 is 0. The molecule has 3 rings (SSSR count). The van der Waals surface area contributed by atoms with E-state index in [1.807, 2.05) is 48.9 Å². The lowest BCUT2D eigenvalue weighted by atomic mass is 10.0. The molecule has 1 radical (unpaired) electrons. The van der Waals surface area contributed by atoms with Crippen molar-refractivity contribution in [2.45, 2.75) is 6.42 Å². The maximum atomic E-state index is 11.4. The number of para-hydroxylation sites is 2. The lowest BCUT2D eigenvalue weighted by Gasteiger charge is -2.04. The number of benzene rings is 2. The van der Waals surface area contributed by atoms with E-state index < -0.39 is 5.91 Å². The zero-order valence-corrected chi connectivity index (χ0v) is 10.8. The highest BCUT2D eigenvalue weighted by atomic mass is 16.1. The molecule has 0 unspecified atom stereocenters. The van der Waals surface area contributed by atoms with Gasteiger partial charge in [-0.2, -0.15) is 0 Å². The van der Waals surface area contributed by atoms with Crippen LogP contribution in [0.2, 0.25) is 0 Å². The summed E-state index contributed by atoms with van der Waals surface area (Å²) >= 11 is 0. The standard InChI is InChI=1S/C16H14N3O/c17-16(20)12-6-2-1-5-11(12)9-10-15-18-13-7-3-4-8-14(13)19-15/h1-8,10H,9H2,(H2,17,20)(H,18,19). The van der Waals surface area contributed by atoms with Gasteiger partial charge in [0.05, 0.1) is 11.0 Å². The largest absolute Gasteiger partial charge is 0.366 e. The molecule has 0 aliphatic rings. The van der Waals surface area contributed by atoms with E-state index in [2.05, 4.69) is 9.97 Å². The molecule has 4 heteroatoms. The topological polar surface area (TPSA) is 71.8 Å². The lowest BCUT2D eigenvalue weighted by molar-refractivity contribution is 0.0999. The Labute approximate surface area is 116 Å². The number of amides is 1. The van der Waals surface area contributed by atoms with Gasteiger partial charge in [-0.1, -0.05) is 30.3 Å². The molecular weight excluding hydrogens is 250 g/mol. The highest BCUT2D eigenvalue weighted by Crippen LogP contribution is 2.15. The number of primary amides is 1. The van der Waals surface area contributed by atoms with E-state index in [-0.39, 0.29) is 0 Å². The number of aromatic nitrogens is 2. The molecule has 20 heavy (non-hydrogen) atoms. The van der Waals surface area contributed by atoms with Crippen LogP contribution in [0.15, 0.2) is 48.5 Å². The fraction of sp³-hybridized carbons (Fsp3) is 0.0625. The van der Waals surface area contributed by atoms with Crippen molar-refractivity contribution >= 4 is 16.9 Å². The van der Waals surface area contributed by atoms with Crippen molar-refractivity contribution in [1.82, 2.24) is 9.97 Å². The molecule has 1 aromatic heterocycles. The second-order valence-corrected chi connectivity index (χ2v) is 4.57. The number of carbonyl (C=O) groups is 1. The van der Waals surface area contributed by atoms with Gasteiger partial charge in [0.1, 0.15) is 5.82 Å². The minimum Gasteiger partial charge on any atom is -0.366 e. The smallest absolute Gasteiger partial charge is 0.248 e. The van der Waals surface area contributed by atoms with Crippen LogP contribution in [0.25, 0.3) is 11.0 Å². The van der Waals surface area contributed by atoms with Gasteiger partial charge >= 0.3 is 0 Å². The number of imidazole rings is 1. The summed E-state index contributed by atoms with van der Waals surface area (Å²) in [7, 11) is 0. The van der Waals surface area contributed by atoms with Gasteiger partial charge in [-0.3, -0.25) is 4.79 Å². The molecule has 3 aromatic rings. The van der Waals surface area contributed by atoms with E-state index in [9.17, 15) is 4.79 Å². The molecule has 2 aromatic carbocycles. The van der Waals surface area contributed by atoms with Crippen LogP contribution in [0.3, 0.4) is 0 Å². The van der Waals surface area contributed by atoms with Crippen LogP contribution in [-0.2, 0) is 6.42 Å². The molecule has 3 N–H and O–H groups in total. The highest BCUT2D eigenvalue weighted by Gasteiger charge is 2.08.